The van der Waals surface area contributed by atoms with Crippen LogP contribution in [0.2, 0.25) is 5.02 Å². The Morgan fingerprint density at radius 3 is 3.00 bits per heavy atom. The Morgan fingerprint density at radius 1 is 1.57 bits per heavy atom. The van der Waals surface area contributed by atoms with Crippen molar-refractivity contribution in [1.29, 1.82) is 0 Å². The van der Waals surface area contributed by atoms with Gasteiger partial charge in [0.05, 0.1) is 0 Å². The highest BCUT2D eigenvalue weighted by Gasteiger charge is 2.22. The van der Waals surface area contributed by atoms with Gasteiger partial charge in [0.2, 0.25) is 0 Å². The van der Waals surface area contributed by atoms with Gasteiger partial charge >= 0.3 is 0 Å². The van der Waals surface area contributed by atoms with Crippen LogP contribution in [-0.2, 0) is 0 Å². The Labute approximate surface area is 88.3 Å². The van der Waals surface area contributed by atoms with Crippen LogP contribution in [0.4, 0.5) is 0 Å². The lowest BCUT2D eigenvalue weighted by molar-refractivity contribution is 0.0973. The fraction of sp³-hybridized carbons (Fsp3) is 0.455. The predicted octanol–water partition coefficient (Wildman–Crippen LogP) is 3.11. The average molecular weight is 210 g/mol. The molecule has 2 nitrogen and oxygen atoms in total. The molecule has 74 valence electrons. The molecule has 1 aromatic heterocycles. The first-order valence-corrected chi connectivity index (χ1v) is 5.28. The molecule has 1 fully saturated rings. The summed E-state index contributed by atoms with van der Waals surface area (Å²) in [5.41, 5.74) is 0.498. The molecular formula is C11H12ClNO. The van der Waals surface area contributed by atoms with Gasteiger partial charge in [-0.05, 0) is 24.5 Å². The lowest BCUT2D eigenvalue weighted by Crippen LogP contribution is -2.01. The van der Waals surface area contributed by atoms with Crippen molar-refractivity contribution in [3.63, 3.8) is 0 Å². The molecule has 0 radical (unpaired) electrons. The van der Waals surface area contributed by atoms with Gasteiger partial charge in [0.25, 0.3) is 0 Å². The summed E-state index contributed by atoms with van der Waals surface area (Å²) >= 11 is 5.77. The second kappa shape index (κ2) is 4.09. The Morgan fingerprint density at radius 2 is 2.36 bits per heavy atom. The third kappa shape index (κ3) is 2.55. The van der Waals surface area contributed by atoms with Crippen molar-refractivity contribution >= 4 is 17.4 Å². The molecule has 1 aliphatic carbocycles. The summed E-state index contributed by atoms with van der Waals surface area (Å²) < 4.78 is 0. The van der Waals surface area contributed by atoms with E-state index in [1.807, 2.05) is 0 Å². The summed E-state index contributed by atoms with van der Waals surface area (Å²) in [7, 11) is 0. The molecule has 0 spiro atoms. The molecular weight excluding hydrogens is 198 g/mol. The van der Waals surface area contributed by atoms with Gasteiger partial charge in [0, 0.05) is 17.6 Å². The highest BCUT2D eigenvalue weighted by molar-refractivity contribution is 6.30. The first kappa shape index (κ1) is 9.66. The SMILES string of the molecule is O=C(CCC1CC1)c1cc(Cl)ccn1. The number of rotatable bonds is 4. The summed E-state index contributed by atoms with van der Waals surface area (Å²) in [4.78, 5) is 15.6. The number of carbonyl (C=O) groups is 1. The number of ketones is 1. The monoisotopic (exact) mass is 209 g/mol. The molecule has 3 heteroatoms. The summed E-state index contributed by atoms with van der Waals surface area (Å²) in [6, 6.07) is 3.32. The first-order valence-electron chi connectivity index (χ1n) is 4.90. The van der Waals surface area contributed by atoms with Crippen LogP contribution in [0.25, 0.3) is 0 Å². The molecule has 0 N–H and O–H groups in total. The number of hydrogen-bond donors (Lipinski definition) is 0. The maximum Gasteiger partial charge on any atom is 0.181 e. The van der Waals surface area contributed by atoms with Gasteiger partial charge in [-0.1, -0.05) is 24.4 Å². The highest BCUT2D eigenvalue weighted by Crippen LogP contribution is 2.33. The van der Waals surface area contributed by atoms with E-state index < -0.39 is 0 Å². The Balaban J connectivity index is 1.95. The zero-order chi connectivity index (χ0) is 9.97. The van der Waals surface area contributed by atoms with Gasteiger partial charge < -0.3 is 0 Å². The van der Waals surface area contributed by atoms with Crippen molar-refractivity contribution in [1.82, 2.24) is 4.98 Å². The molecule has 1 aromatic rings. The third-order valence-corrected chi connectivity index (χ3v) is 2.72. The quantitative estimate of drug-likeness (QED) is 0.714. The van der Waals surface area contributed by atoms with Crippen molar-refractivity contribution in [2.75, 3.05) is 0 Å². The number of nitrogens with zero attached hydrogens (tertiary/aromatic N) is 1. The van der Waals surface area contributed by atoms with Crippen molar-refractivity contribution in [2.24, 2.45) is 5.92 Å². The minimum atomic E-state index is 0.111. The largest absolute Gasteiger partial charge is 0.292 e. The molecule has 0 amide bonds. The maximum absolute atomic E-state index is 11.6. The zero-order valence-corrected chi connectivity index (χ0v) is 8.63. The van der Waals surface area contributed by atoms with Gasteiger partial charge in [-0.25, -0.2) is 0 Å². The van der Waals surface area contributed by atoms with Crippen LogP contribution >= 0.6 is 11.6 Å². The Kier molecular flexibility index (Phi) is 2.82. The fourth-order valence-electron chi connectivity index (χ4n) is 1.43. The minimum absolute atomic E-state index is 0.111. The molecule has 1 aliphatic rings. The molecule has 14 heavy (non-hydrogen) atoms. The molecule has 0 unspecified atom stereocenters. The van der Waals surface area contributed by atoms with Crippen molar-refractivity contribution in [3.05, 3.63) is 29.0 Å². The molecule has 1 heterocycles. The van der Waals surface area contributed by atoms with E-state index in [0.29, 0.717) is 17.1 Å². The van der Waals surface area contributed by atoms with Crippen LogP contribution in [0.5, 0.6) is 0 Å². The van der Waals surface area contributed by atoms with Crippen molar-refractivity contribution in [2.45, 2.75) is 25.7 Å². The van der Waals surface area contributed by atoms with Crippen LogP contribution < -0.4 is 0 Å². The Bertz CT molecular complexity index is 347. The molecule has 2 rings (SSSR count). The average Bonchev–Trinajstić information content (AvgIpc) is 2.97. The normalized spacial score (nSPS) is 15.5. The fourth-order valence-corrected chi connectivity index (χ4v) is 1.59. The second-order valence-corrected chi connectivity index (χ2v) is 4.20. The summed E-state index contributed by atoms with van der Waals surface area (Å²) in [5.74, 6) is 0.900. The van der Waals surface area contributed by atoms with Gasteiger partial charge in [-0.15, -0.1) is 0 Å². The summed E-state index contributed by atoms with van der Waals surface area (Å²) in [6.45, 7) is 0. The van der Waals surface area contributed by atoms with E-state index in [9.17, 15) is 4.79 Å². The molecule has 0 bridgehead atoms. The van der Waals surface area contributed by atoms with Gasteiger partial charge in [-0.2, -0.15) is 0 Å². The van der Waals surface area contributed by atoms with E-state index in [4.69, 9.17) is 11.6 Å². The van der Waals surface area contributed by atoms with E-state index in [2.05, 4.69) is 4.98 Å². The smallest absolute Gasteiger partial charge is 0.181 e. The van der Waals surface area contributed by atoms with Gasteiger partial charge in [-0.3, -0.25) is 9.78 Å². The zero-order valence-electron chi connectivity index (χ0n) is 7.87. The molecule has 1 saturated carbocycles. The molecule has 0 aromatic carbocycles. The van der Waals surface area contributed by atoms with E-state index in [1.165, 1.54) is 12.8 Å². The summed E-state index contributed by atoms with van der Waals surface area (Å²) in [5, 5.41) is 0.578. The number of aromatic nitrogens is 1. The summed E-state index contributed by atoms with van der Waals surface area (Å²) in [6.07, 6.45) is 5.77. The standard InChI is InChI=1S/C11H12ClNO/c12-9-5-6-13-10(7-9)11(14)4-3-8-1-2-8/h5-8H,1-4H2. The van der Waals surface area contributed by atoms with Crippen molar-refractivity contribution < 1.29 is 4.79 Å². The number of carbonyl (C=O) groups excluding carboxylic acids is 1. The van der Waals surface area contributed by atoms with Crippen LogP contribution in [0, 0.1) is 5.92 Å². The first-order chi connectivity index (χ1) is 6.75. The molecule has 0 atom stereocenters. The Hall–Kier alpha value is -0.890. The van der Waals surface area contributed by atoms with Crippen LogP contribution in [0.15, 0.2) is 18.3 Å². The van der Waals surface area contributed by atoms with E-state index in [1.54, 1.807) is 18.3 Å². The van der Waals surface area contributed by atoms with E-state index in [0.717, 1.165) is 12.3 Å². The topological polar surface area (TPSA) is 30.0 Å². The number of halogens is 1. The van der Waals surface area contributed by atoms with Gasteiger partial charge in [0.1, 0.15) is 5.69 Å². The highest BCUT2D eigenvalue weighted by atomic mass is 35.5. The van der Waals surface area contributed by atoms with Crippen LogP contribution in [-0.4, -0.2) is 10.8 Å². The van der Waals surface area contributed by atoms with Crippen LogP contribution in [0.1, 0.15) is 36.2 Å². The van der Waals surface area contributed by atoms with E-state index in [-0.39, 0.29) is 5.78 Å². The molecule has 0 saturated heterocycles. The second-order valence-electron chi connectivity index (χ2n) is 3.76. The number of hydrogen-bond acceptors (Lipinski definition) is 2. The number of Topliss-reactive ketones (excluding diaryl/α,β-unsaturated/α-hetero) is 1. The lowest BCUT2D eigenvalue weighted by atomic mass is 10.1. The predicted molar refractivity (Wildman–Crippen MR) is 55.5 cm³/mol. The number of pyridine rings is 1. The van der Waals surface area contributed by atoms with Gasteiger partial charge in [0.15, 0.2) is 5.78 Å². The maximum atomic E-state index is 11.6. The van der Waals surface area contributed by atoms with E-state index >= 15 is 0 Å². The lowest BCUT2D eigenvalue weighted by Gasteiger charge is -1.99. The van der Waals surface area contributed by atoms with Crippen LogP contribution in [0.3, 0.4) is 0 Å². The molecule has 0 aliphatic heterocycles. The van der Waals surface area contributed by atoms with Crippen molar-refractivity contribution in [3.8, 4) is 0 Å². The minimum Gasteiger partial charge on any atom is -0.292 e. The third-order valence-electron chi connectivity index (χ3n) is 2.48.